The van der Waals surface area contributed by atoms with Gasteiger partial charge < -0.3 is 15.4 Å². The summed E-state index contributed by atoms with van der Waals surface area (Å²) in [7, 11) is 1.30. The number of nitrogens with one attached hydrogen (secondary N) is 2. The average molecular weight is 498 g/mol. The SMILES string of the molecule is COC(=O)CC(NC(=O)CC1Sc2ccc(Cl)cc2NC1=O)c1cccc(Br)c1. The van der Waals surface area contributed by atoms with Crippen LogP contribution in [0.1, 0.15) is 24.4 Å². The molecule has 0 fully saturated rings. The molecule has 2 unspecified atom stereocenters. The van der Waals surface area contributed by atoms with Gasteiger partial charge in [0.1, 0.15) is 0 Å². The number of amides is 2. The lowest BCUT2D eigenvalue weighted by atomic mass is 10.0. The molecule has 0 bridgehead atoms. The monoisotopic (exact) mass is 496 g/mol. The van der Waals surface area contributed by atoms with Crippen molar-refractivity contribution in [2.75, 3.05) is 12.4 Å². The van der Waals surface area contributed by atoms with Gasteiger partial charge in [-0.25, -0.2) is 0 Å². The number of carbonyl (C=O) groups excluding carboxylic acids is 3. The van der Waals surface area contributed by atoms with Gasteiger partial charge in [-0.1, -0.05) is 39.7 Å². The Morgan fingerprint density at radius 1 is 1.31 bits per heavy atom. The summed E-state index contributed by atoms with van der Waals surface area (Å²) >= 11 is 10.7. The molecule has 1 aliphatic rings. The van der Waals surface area contributed by atoms with Gasteiger partial charge in [-0.3, -0.25) is 14.4 Å². The summed E-state index contributed by atoms with van der Waals surface area (Å²) in [5.74, 6) is -1.03. The zero-order valence-electron chi connectivity index (χ0n) is 15.4. The van der Waals surface area contributed by atoms with Crippen LogP contribution in [-0.2, 0) is 19.1 Å². The van der Waals surface area contributed by atoms with Crippen molar-refractivity contribution in [1.29, 1.82) is 0 Å². The minimum atomic E-state index is -0.579. The van der Waals surface area contributed by atoms with E-state index >= 15 is 0 Å². The molecule has 29 heavy (non-hydrogen) atoms. The van der Waals surface area contributed by atoms with Crippen LogP contribution < -0.4 is 10.6 Å². The van der Waals surface area contributed by atoms with Gasteiger partial charge in [0.25, 0.3) is 0 Å². The largest absolute Gasteiger partial charge is 0.469 e. The van der Waals surface area contributed by atoms with Crippen molar-refractivity contribution in [3.05, 3.63) is 57.5 Å². The van der Waals surface area contributed by atoms with Crippen LogP contribution in [0, 0.1) is 0 Å². The third-order valence-electron chi connectivity index (χ3n) is 4.32. The molecule has 9 heteroatoms. The van der Waals surface area contributed by atoms with Crippen LogP contribution in [0.5, 0.6) is 0 Å². The molecule has 0 aliphatic carbocycles. The predicted octanol–water partition coefficient (Wildman–Crippen LogP) is 4.33. The van der Waals surface area contributed by atoms with Crippen LogP contribution in [0.3, 0.4) is 0 Å². The Morgan fingerprint density at radius 3 is 2.83 bits per heavy atom. The third kappa shape index (κ3) is 5.74. The number of hydrogen-bond donors (Lipinski definition) is 2. The number of carbonyl (C=O) groups is 3. The standard InChI is InChI=1S/C20H18BrClN2O4S/c1-28-19(26)9-14(11-3-2-4-12(21)7-11)23-18(25)10-17-20(27)24-15-8-13(22)5-6-16(15)29-17/h2-8,14,17H,9-10H2,1H3,(H,23,25)(H,24,27). The quantitative estimate of drug-likeness (QED) is 0.581. The van der Waals surface area contributed by atoms with Gasteiger partial charge in [0, 0.05) is 20.8 Å². The van der Waals surface area contributed by atoms with E-state index in [1.165, 1.54) is 18.9 Å². The first kappa shape index (κ1) is 21.7. The van der Waals surface area contributed by atoms with Crippen molar-refractivity contribution < 1.29 is 19.1 Å². The lowest BCUT2D eigenvalue weighted by Crippen LogP contribution is -2.37. The number of thioether (sulfide) groups is 1. The number of halogens is 2. The number of esters is 1. The van der Waals surface area contributed by atoms with Crippen LogP contribution >= 0.6 is 39.3 Å². The maximum atomic E-state index is 12.7. The third-order valence-corrected chi connectivity index (χ3v) is 6.32. The highest BCUT2D eigenvalue weighted by atomic mass is 79.9. The summed E-state index contributed by atoms with van der Waals surface area (Å²) < 4.78 is 5.58. The molecule has 1 aliphatic heterocycles. The highest BCUT2D eigenvalue weighted by molar-refractivity contribution is 9.10. The van der Waals surface area contributed by atoms with Crippen LogP contribution in [0.15, 0.2) is 51.8 Å². The first-order valence-electron chi connectivity index (χ1n) is 8.74. The number of hydrogen-bond acceptors (Lipinski definition) is 5. The summed E-state index contributed by atoms with van der Waals surface area (Å²) in [6.07, 6.45) is -0.0335. The molecule has 2 aromatic rings. The van der Waals surface area contributed by atoms with Crippen molar-refractivity contribution in [1.82, 2.24) is 5.32 Å². The van der Waals surface area contributed by atoms with E-state index in [-0.39, 0.29) is 24.7 Å². The van der Waals surface area contributed by atoms with E-state index in [0.717, 1.165) is 14.9 Å². The molecule has 0 radical (unpaired) electrons. The topological polar surface area (TPSA) is 84.5 Å². The second-order valence-electron chi connectivity index (χ2n) is 6.40. The van der Waals surface area contributed by atoms with Gasteiger partial charge >= 0.3 is 5.97 Å². The van der Waals surface area contributed by atoms with E-state index < -0.39 is 17.3 Å². The van der Waals surface area contributed by atoms with Crippen LogP contribution in [-0.4, -0.2) is 30.1 Å². The van der Waals surface area contributed by atoms with E-state index in [1.807, 2.05) is 30.3 Å². The molecule has 0 saturated heterocycles. The Kier molecular flexibility index (Phi) is 7.21. The molecule has 2 atom stereocenters. The summed E-state index contributed by atoms with van der Waals surface area (Å²) in [6, 6.07) is 12.0. The molecule has 0 saturated carbocycles. The van der Waals surface area contributed by atoms with E-state index in [1.54, 1.807) is 12.1 Å². The number of fused-ring (bicyclic) bond motifs is 1. The fourth-order valence-corrected chi connectivity index (χ4v) is 4.58. The molecule has 2 N–H and O–H groups in total. The van der Waals surface area contributed by atoms with E-state index in [2.05, 4.69) is 26.6 Å². The van der Waals surface area contributed by atoms with E-state index in [0.29, 0.717) is 10.7 Å². The number of ether oxygens (including phenoxy) is 1. The molecule has 1 heterocycles. The van der Waals surface area contributed by atoms with Gasteiger partial charge in [0.15, 0.2) is 0 Å². The first-order chi connectivity index (χ1) is 13.9. The zero-order valence-corrected chi connectivity index (χ0v) is 18.6. The molecule has 2 amide bonds. The Labute approximate surface area is 185 Å². The molecule has 3 rings (SSSR count). The number of anilines is 1. The minimum Gasteiger partial charge on any atom is -0.469 e. The summed E-state index contributed by atoms with van der Waals surface area (Å²) in [4.78, 5) is 37.7. The zero-order chi connectivity index (χ0) is 21.0. The summed E-state index contributed by atoms with van der Waals surface area (Å²) in [6.45, 7) is 0. The first-order valence-corrected chi connectivity index (χ1v) is 10.8. The fraction of sp³-hybridized carbons (Fsp3) is 0.250. The number of methoxy groups -OCH3 is 1. The van der Waals surface area contributed by atoms with Crippen molar-refractivity contribution in [2.45, 2.75) is 29.0 Å². The Hall–Kier alpha value is -2.03. The smallest absolute Gasteiger partial charge is 0.307 e. The fourth-order valence-electron chi connectivity index (χ4n) is 2.90. The van der Waals surface area contributed by atoms with Crippen LogP contribution in [0.2, 0.25) is 5.02 Å². The Bertz CT molecular complexity index is 956. The van der Waals surface area contributed by atoms with Crippen molar-refractivity contribution in [3.8, 4) is 0 Å². The molecular formula is C20H18BrClN2O4S. The number of benzene rings is 2. The van der Waals surface area contributed by atoms with Crippen LogP contribution in [0.25, 0.3) is 0 Å². The lowest BCUT2D eigenvalue weighted by molar-refractivity contribution is -0.141. The molecule has 152 valence electrons. The molecule has 6 nitrogen and oxygen atoms in total. The van der Waals surface area contributed by atoms with Gasteiger partial charge in [-0.15, -0.1) is 11.8 Å². The Balaban J connectivity index is 1.70. The Morgan fingerprint density at radius 2 is 2.10 bits per heavy atom. The second kappa shape index (κ2) is 9.65. The average Bonchev–Trinajstić information content (AvgIpc) is 2.68. The summed E-state index contributed by atoms with van der Waals surface area (Å²) in [5.41, 5.74) is 1.40. The van der Waals surface area contributed by atoms with Gasteiger partial charge in [0.05, 0.1) is 30.5 Å². The van der Waals surface area contributed by atoms with Gasteiger partial charge in [0.2, 0.25) is 11.8 Å². The molecule has 0 aromatic heterocycles. The van der Waals surface area contributed by atoms with Gasteiger partial charge in [-0.05, 0) is 35.9 Å². The van der Waals surface area contributed by atoms with Crippen LogP contribution in [0.4, 0.5) is 5.69 Å². The van der Waals surface area contributed by atoms with E-state index in [9.17, 15) is 14.4 Å². The normalized spacial score (nSPS) is 16.4. The number of rotatable bonds is 6. The van der Waals surface area contributed by atoms with Crippen molar-refractivity contribution in [2.24, 2.45) is 0 Å². The summed E-state index contributed by atoms with van der Waals surface area (Å²) in [5, 5.41) is 5.59. The predicted molar refractivity (Wildman–Crippen MR) is 116 cm³/mol. The highest BCUT2D eigenvalue weighted by Gasteiger charge is 2.30. The second-order valence-corrected chi connectivity index (χ2v) is 8.99. The van der Waals surface area contributed by atoms with Gasteiger partial charge in [-0.2, -0.15) is 0 Å². The van der Waals surface area contributed by atoms with E-state index in [4.69, 9.17) is 16.3 Å². The lowest BCUT2D eigenvalue weighted by Gasteiger charge is -2.25. The van der Waals surface area contributed by atoms with Crippen molar-refractivity contribution in [3.63, 3.8) is 0 Å². The molecular weight excluding hydrogens is 480 g/mol. The maximum Gasteiger partial charge on any atom is 0.307 e. The molecule has 0 spiro atoms. The van der Waals surface area contributed by atoms with Crippen molar-refractivity contribution >= 4 is 62.8 Å². The molecule has 2 aromatic carbocycles. The minimum absolute atomic E-state index is 0.00989. The maximum absolute atomic E-state index is 12.7. The highest BCUT2D eigenvalue weighted by Crippen LogP contribution is 2.38.